The largest absolute Gasteiger partial charge is 0.0683 e. The van der Waals surface area contributed by atoms with Gasteiger partial charge in [-0.05, 0) is 11.8 Å². The Balaban J connectivity index is 0. The van der Waals surface area contributed by atoms with E-state index >= 15 is 0 Å². The predicted molar refractivity (Wildman–Crippen MR) is 82.6 cm³/mol. The summed E-state index contributed by atoms with van der Waals surface area (Å²) >= 11 is 0. The van der Waals surface area contributed by atoms with Crippen molar-refractivity contribution in [2.75, 3.05) is 0 Å². The lowest BCUT2D eigenvalue weighted by atomic mass is 9.79. The van der Waals surface area contributed by atoms with Gasteiger partial charge in [-0.25, -0.2) is 0 Å². The summed E-state index contributed by atoms with van der Waals surface area (Å²) in [5.41, 5.74) is 0. The van der Waals surface area contributed by atoms with Crippen LogP contribution in [-0.2, 0) is 0 Å². The number of hydrogen-bond donors (Lipinski definition) is 0. The maximum Gasteiger partial charge on any atom is -0.0386 e. The average molecular weight is 242 g/mol. The van der Waals surface area contributed by atoms with Crippen LogP contribution < -0.4 is 0 Å². The second-order valence-electron chi connectivity index (χ2n) is 5.03. The standard InChI is InChI=1S/C15H32.C2H6/c1-5-9-13-15(12-8-4)14(10-6-2)11-7-3;1-2/h14-15H,5-13H2,1-4H3;1-2H3. The fourth-order valence-corrected chi connectivity index (χ4v) is 2.81. The molecule has 1 unspecified atom stereocenters. The van der Waals surface area contributed by atoms with Gasteiger partial charge in [0.25, 0.3) is 0 Å². The minimum atomic E-state index is 1.02. The van der Waals surface area contributed by atoms with Crippen LogP contribution in [0.15, 0.2) is 0 Å². The number of unbranched alkanes of at least 4 members (excludes halogenated alkanes) is 1. The molecule has 0 aromatic carbocycles. The molecule has 0 heteroatoms. The van der Waals surface area contributed by atoms with E-state index in [0.29, 0.717) is 0 Å². The highest BCUT2D eigenvalue weighted by Crippen LogP contribution is 2.30. The number of rotatable bonds is 10. The zero-order valence-corrected chi connectivity index (χ0v) is 13.5. The highest BCUT2D eigenvalue weighted by atomic mass is 14.2. The molecule has 0 aliphatic carbocycles. The molecule has 0 saturated carbocycles. The highest BCUT2D eigenvalue weighted by molar-refractivity contribution is 4.70. The molecule has 0 rings (SSSR count). The van der Waals surface area contributed by atoms with E-state index in [2.05, 4.69) is 27.7 Å². The van der Waals surface area contributed by atoms with Crippen molar-refractivity contribution in [1.29, 1.82) is 0 Å². The molecule has 0 bridgehead atoms. The first-order chi connectivity index (χ1) is 8.29. The Bertz CT molecular complexity index is 111. The average Bonchev–Trinajstić information content (AvgIpc) is 2.37. The van der Waals surface area contributed by atoms with Gasteiger partial charge in [0.2, 0.25) is 0 Å². The lowest BCUT2D eigenvalue weighted by molar-refractivity contribution is 0.251. The van der Waals surface area contributed by atoms with E-state index in [1.165, 1.54) is 57.8 Å². The molecule has 0 aromatic rings. The van der Waals surface area contributed by atoms with Crippen molar-refractivity contribution < 1.29 is 0 Å². The predicted octanol–water partition coefficient (Wildman–Crippen LogP) is 6.84. The first kappa shape index (κ1) is 19.3. The zero-order valence-electron chi connectivity index (χ0n) is 13.5. The first-order valence-corrected chi connectivity index (χ1v) is 8.29. The fourth-order valence-electron chi connectivity index (χ4n) is 2.81. The van der Waals surface area contributed by atoms with Crippen LogP contribution in [0, 0.1) is 11.8 Å². The minimum Gasteiger partial charge on any atom is -0.0683 e. The van der Waals surface area contributed by atoms with Crippen molar-refractivity contribution in [2.24, 2.45) is 11.8 Å². The van der Waals surface area contributed by atoms with Crippen LogP contribution in [0.5, 0.6) is 0 Å². The first-order valence-electron chi connectivity index (χ1n) is 8.29. The summed E-state index contributed by atoms with van der Waals surface area (Å²) in [6, 6.07) is 0. The van der Waals surface area contributed by atoms with Gasteiger partial charge in [0.05, 0.1) is 0 Å². The van der Waals surface area contributed by atoms with E-state index in [0.717, 1.165) is 11.8 Å². The third-order valence-electron chi connectivity index (χ3n) is 3.57. The van der Waals surface area contributed by atoms with Crippen molar-refractivity contribution in [3.8, 4) is 0 Å². The Morgan fingerprint density at radius 3 is 1.18 bits per heavy atom. The van der Waals surface area contributed by atoms with Crippen molar-refractivity contribution >= 4 is 0 Å². The molecule has 0 amide bonds. The molecule has 0 saturated heterocycles. The van der Waals surface area contributed by atoms with Gasteiger partial charge in [-0.2, -0.15) is 0 Å². The maximum atomic E-state index is 2.34. The summed E-state index contributed by atoms with van der Waals surface area (Å²) in [5, 5.41) is 0. The molecule has 0 radical (unpaired) electrons. The number of hydrogen-bond acceptors (Lipinski definition) is 0. The van der Waals surface area contributed by atoms with Crippen LogP contribution in [0.4, 0.5) is 0 Å². The molecular formula is C17H38. The SMILES string of the molecule is CC.CCCCC(CCC)C(CCC)CCC. The minimum absolute atomic E-state index is 1.02. The zero-order chi connectivity index (χ0) is 13.5. The molecular weight excluding hydrogens is 204 g/mol. The van der Waals surface area contributed by atoms with E-state index in [4.69, 9.17) is 0 Å². The molecule has 0 heterocycles. The molecule has 106 valence electrons. The maximum absolute atomic E-state index is 2.34. The van der Waals surface area contributed by atoms with Gasteiger partial charge in [0.1, 0.15) is 0 Å². The Kier molecular flexibility index (Phi) is 18.2. The van der Waals surface area contributed by atoms with Crippen LogP contribution in [0.2, 0.25) is 0 Å². The molecule has 0 fully saturated rings. The van der Waals surface area contributed by atoms with Crippen LogP contribution in [0.1, 0.15) is 99.3 Å². The van der Waals surface area contributed by atoms with Gasteiger partial charge in [-0.15, -0.1) is 0 Å². The van der Waals surface area contributed by atoms with Crippen molar-refractivity contribution in [3.63, 3.8) is 0 Å². The van der Waals surface area contributed by atoms with Crippen LogP contribution in [0.3, 0.4) is 0 Å². The molecule has 0 aliphatic rings. The summed E-state index contributed by atoms with van der Waals surface area (Å²) < 4.78 is 0. The van der Waals surface area contributed by atoms with Gasteiger partial charge in [0.15, 0.2) is 0 Å². The monoisotopic (exact) mass is 242 g/mol. The summed E-state index contributed by atoms with van der Waals surface area (Å²) in [6.07, 6.45) is 12.8. The third-order valence-corrected chi connectivity index (χ3v) is 3.57. The van der Waals surface area contributed by atoms with Crippen LogP contribution in [0.25, 0.3) is 0 Å². The molecule has 0 aromatic heterocycles. The second-order valence-corrected chi connectivity index (χ2v) is 5.03. The van der Waals surface area contributed by atoms with Gasteiger partial charge in [-0.1, -0.05) is 99.3 Å². The fraction of sp³-hybridized carbons (Fsp3) is 1.00. The Labute approximate surface area is 112 Å². The van der Waals surface area contributed by atoms with E-state index in [-0.39, 0.29) is 0 Å². The van der Waals surface area contributed by atoms with Crippen molar-refractivity contribution in [3.05, 3.63) is 0 Å². The van der Waals surface area contributed by atoms with Gasteiger partial charge in [0, 0.05) is 0 Å². The van der Waals surface area contributed by atoms with Gasteiger partial charge >= 0.3 is 0 Å². The molecule has 0 N–H and O–H groups in total. The summed E-state index contributed by atoms with van der Waals surface area (Å²) in [5.74, 6) is 2.04. The van der Waals surface area contributed by atoms with E-state index in [9.17, 15) is 0 Å². The summed E-state index contributed by atoms with van der Waals surface area (Å²) in [4.78, 5) is 0. The Morgan fingerprint density at radius 1 is 0.529 bits per heavy atom. The quantitative estimate of drug-likeness (QED) is 0.393. The Morgan fingerprint density at radius 2 is 0.882 bits per heavy atom. The molecule has 1 atom stereocenters. The Hall–Kier alpha value is 0. The van der Waals surface area contributed by atoms with E-state index in [1.54, 1.807) is 0 Å². The van der Waals surface area contributed by atoms with Gasteiger partial charge in [-0.3, -0.25) is 0 Å². The smallest absolute Gasteiger partial charge is 0.0386 e. The second kappa shape index (κ2) is 16.0. The lowest BCUT2D eigenvalue weighted by Crippen LogP contribution is -2.15. The van der Waals surface area contributed by atoms with Crippen molar-refractivity contribution in [1.82, 2.24) is 0 Å². The highest BCUT2D eigenvalue weighted by Gasteiger charge is 2.18. The normalized spacial score (nSPS) is 12.2. The van der Waals surface area contributed by atoms with Crippen LogP contribution >= 0.6 is 0 Å². The summed E-state index contributed by atoms with van der Waals surface area (Å²) in [6.45, 7) is 13.3. The van der Waals surface area contributed by atoms with Crippen molar-refractivity contribution in [2.45, 2.75) is 99.3 Å². The molecule has 0 nitrogen and oxygen atoms in total. The van der Waals surface area contributed by atoms with E-state index < -0.39 is 0 Å². The molecule has 0 aliphatic heterocycles. The molecule has 0 spiro atoms. The molecule has 17 heavy (non-hydrogen) atoms. The topological polar surface area (TPSA) is 0 Å². The van der Waals surface area contributed by atoms with Crippen LogP contribution in [-0.4, -0.2) is 0 Å². The van der Waals surface area contributed by atoms with E-state index in [1.807, 2.05) is 13.8 Å². The third kappa shape index (κ3) is 10.9. The summed E-state index contributed by atoms with van der Waals surface area (Å²) in [7, 11) is 0. The lowest BCUT2D eigenvalue weighted by Gasteiger charge is -2.26. The van der Waals surface area contributed by atoms with Gasteiger partial charge < -0.3 is 0 Å².